The van der Waals surface area contributed by atoms with Crippen molar-refractivity contribution in [1.29, 1.82) is 0 Å². The highest BCUT2D eigenvalue weighted by atomic mass is 16.7. The van der Waals surface area contributed by atoms with Crippen LogP contribution in [0, 0.1) is 0 Å². The molecule has 29 heavy (non-hydrogen) atoms. The SMILES string of the molecule is CCCCCCCCCCC[C@H]1C[C@H](O)C[C@@]2(CC[C@]3(C=CC(=O)C[C@@H]3O)O2)O1. The molecule has 2 fully saturated rings. The number of aliphatic hydroxyl groups excluding tert-OH is 2. The van der Waals surface area contributed by atoms with Crippen LogP contribution in [0.2, 0.25) is 0 Å². The molecule has 0 aromatic rings. The van der Waals surface area contributed by atoms with Crippen LogP contribution in [0.25, 0.3) is 0 Å². The van der Waals surface area contributed by atoms with E-state index < -0.39 is 23.6 Å². The molecular formula is C24H40O5. The van der Waals surface area contributed by atoms with E-state index in [9.17, 15) is 15.0 Å². The molecule has 2 heterocycles. The molecule has 2 N–H and O–H groups in total. The summed E-state index contributed by atoms with van der Waals surface area (Å²) in [6, 6.07) is 0. The van der Waals surface area contributed by atoms with Gasteiger partial charge in [0.2, 0.25) is 0 Å². The molecule has 3 aliphatic rings. The monoisotopic (exact) mass is 408 g/mol. The van der Waals surface area contributed by atoms with Crippen molar-refractivity contribution >= 4 is 5.78 Å². The highest BCUT2D eigenvalue weighted by Gasteiger charge is 2.56. The third kappa shape index (κ3) is 6.13. The van der Waals surface area contributed by atoms with Crippen LogP contribution >= 0.6 is 0 Å². The van der Waals surface area contributed by atoms with Crippen molar-refractivity contribution < 1.29 is 24.5 Å². The van der Waals surface area contributed by atoms with Crippen molar-refractivity contribution in [3.63, 3.8) is 0 Å². The van der Waals surface area contributed by atoms with Crippen molar-refractivity contribution in [2.24, 2.45) is 0 Å². The first-order valence-electron chi connectivity index (χ1n) is 11.9. The van der Waals surface area contributed by atoms with E-state index in [1.165, 1.54) is 57.4 Å². The van der Waals surface area contributed by atoms with Crippen LogP contribution in [0.1, 0.15) is 103 Å². The van der Waals surface area contributed by atoms with Crippen molar-refractivity contribution in [3.8, 4) is 0 Å². The Bertz CT molecular complexity index is 561. The Morgan fingerprint density at radius 2 is 1.72 bits per heavy atom. The van der Waals surface area contributed by atoms with Gasteiger partial charge in [0.25, 0.3) is 0 Å². The summed E-state index contributed by atoms with van der Waals surface area (Å²) in [6.07, 6.45) is 17.0. The van der Waals surface area contributed by atoms with E-state index in [-0.39, 0.29) is 18.3 Å². The Kier molecular flexibility index (Phi) is 8.32. The van der Waals surface area contributed by atoms with E-state index in [1.807, 2.05) is 0 Å². The van der Waals surface area contributed by atoms with Gasteiger partial charge in [0, 0.05) is 19.3 Å². The molecule has 1 aliphatic carbocycles. The Labute approximate surface area is 175 Å². The molecule has 0 saturated carbocycles. The lowest BCUT2D eigenvalue weighted by molar-refractivity contribution is -0.306. The largest absolute Gasteiger partial charge is 0.393 e. The molecule has 0 radical (unpaired) electrons. The minimum atomic E-state index is -0.840. The minimum Gasteiger partial charge on any atom is -0.393 e. The Balaban J connectivity index is 1.42. The van der Waals surface area contributed by atoms with Gasteiger partial charge in [-0.15, -0.1) is 0 Å². The average molecular weight is 409 g/mol. The number of ketones is 1. The minimum absolute atomic E-state index is 0.00444. The molecule has 2 aliphatic heterocycles. The predicted octanol–water partition coefficient (Wildman–Crippen LogP) is 4.58. The second-order valence-electron chi connectivity index (χ2n) is 9.44. The molecule has 2 spiro atoms. The zero-order valence-corrected chi connectivity index (χ0v) is 18.1. The first kappa shape index (κ1) is 22.9. The number of aliphatic hydroxyl groups is 2. The number of rotatable bonds is 10. The molecule has 5 heteroatoms. The zero-order chi connectivity index (χ0) is 20.7. The lowest BCUT2D eigenvalue weighted by Crippen LogP contribution is -2.51. The zero-order valence-electron chi connectivity index (χ0n) is 18.1. The summed E-state index contributed by atoms with van der Waals surface area (Å²) in [4.78, 5) is 11.6. The molecule has 2 saturated heterocycles. The predicted molar refractivity (Wildman–Crippen MR) is 113 cm³/mol. The molecule has 0 amide bonds. The summed E-state index contributed by atoms with van der Waals surface area (Å²) in [7, 11) is 0. The molecule has 5 atom stereocenters. The summed E-state index contributed by atoms with van der Waals surface area (Å²) >= 11 is 0. The average Bonchev–Trinajstić information content (AvgIpc) is 3.02. The van der Waals surface area contributed by atoms with E-state index >= 15 is 0 Å². The van der Waals surface area contributed by atoms with Gasteiger partial charge in [0.15, 0.2) is 11.6 Å². The second kappa shape index (κ2) is 10.5. The fraction of sp³-hybridized carbons (Fsp3) is 0.875. The highest BCUT2D eigenvalue weighted by molar-refractivity contribution is 5.91. The quantitative estimate of drug-likeness (QED) is 0.517. The molecule has 0 aromatic carbocycles. The number of ether oxygens (including phenoxy) is 2. The Hall–Kier alpha value is -0.750. The summed E-state index contributed by atoms with van der Waals surface area (Å²) in [5.41, 5.74) is -0.840. The van der Waals surface area contributed by atoms with Crippen molar-refractivity contribution in [2.45, 2.75) is 133 Å². The van der Waals surface area contributed by atoms with Crippen LogP contribution in [-0.4, -0.2) is 45.7 Å². The molecule has 0 aromatic heterocycles. The van der Waals surface area contributed by atoms with Crippen LogP contribution in [0.15, 0.2) is 12.2 Å². The molecule has 0 bridgehead atoms. The Morgan fingerprint density at radius 1 is 1.03 bits per heavy atom. The highest BCUT2D eigenvalue weighted by Crippen LogP contribution is 2.49. The molecule has 5 nitrogen and oxygen atoms in total. The fourth-order valence-corrected chi connectivity index (χ4v) is 5.19. The van der Waals surface area contributed by atoms with Crippen LogP contribution in [0.3, 0.4) is 0 Å². The van der Waals surface area contributed by atoms with Gasteiger partial charge < -0.3 is 19.7 Å². The normalized spacial score (nSPS) is 37.1. The van der Waals surface area contributed by atoms with Gasteiger partial charge in [-0.1, -0.05) is 64.7 Å². The van der Waals surface area contributed by atoms with E-state index in [0.717, 1.165) is 12.8 Å². The molecule has 166 valence electrons. The number of carbonyl (C=O) groups excluding carboxylic acids is 1. The van der Waals surface area contributed by atoms with Gasteiger partial charge in [-0.25, -0.2) is 0 Å². The van der Waals surface area contributed by atoms with E-state index in [0.29, 0.717) is 25.7 Å². The topological polar surface area (TPSA) is 76.0 Å². The Morgan fingerprint density at radius 3 is 2.41 bits per heavy atom. The van der Waals surface area contributed by atoms with Gasteiger partial charge in [-0.3, -0.25) is 4.79 Å². The van der Waals surface area contributed by atoms with Gasteiger partial charge in [0.05, 0.1) is 18.3 Å². The van der Waals surface area contributed by atoms with Gasteiger partial charge in [0.1, 0.15) is 5.60 Å². The summed E-state index contributed by atoms with van der Waals surface area (Å²) in [5, 5.41) is 20.9. The lowest BCUT2D eigenvalue weighted by Gasteiger charge is -2.43. The van der Waals surface area contributed by atoms with Crippen LogP contribution in [0.4, 0.5) is 0 Å². The summed E-state index contributed by atoms with van der Waals surface area (Å²) < 4.78 is 12.7. The molecule has 3 rings (SSSR count). The fourth-order valence-electron chi connectivity index (χ4n) is 5.19. The van der Waals surface area contributed by atoms with Gasteiger partial charge >= 0.3 is 0 Å². The second-order valence-corrected chi connectivity index (χ2v) is 9.44. The number of hydrogen-bond donors (Lipinski definition) is 2. The first-order valence-corrected chi connectivity index (χ1v) is 11.9. The van der Waals surface area contributed by atoms with Gasteiger partial charge in [-0.05, 0) is 31.4 Å². The van der Waals surface area contributed by atoms with Crippen molar-refractivity contribution in [3.05, 3.63) is 12.2 Å². The number of allylic oxidation sites excluding steroid dienone is 1. The molecule has 0 unspecified atom stereocenters. The molecular weight excluding hydrogens is 368 g/mol. The first-order chi connectivity index (χ1) is 14.0. The smallest absolute Gasteiger partial charge is 0.172 e. The summed E-state index contributed by atoms with van der Waals surface area (Å²) in [6.45, 7) is 2.25. The lowest BCUT2D eigenvalue weighted by atomic mass is 9.85. The van der Waals surface area contributed by atoms with E-state index in [2.05, 4.69) is 6.92 Å². The van der Waals surface area contributed by atoms with E-state index in [4.69, 9.17) is 9.47 Å². The van der Waals surface area contributed by atoms with E-state index in [1.54, 1.807) is 6.08 Å². The van der Waals surface area contributed by atoms with Crippen molar-refractivity contribution in [1.82, 2.24) is 0 Å². The van der Waals surface area contributed by atoms with Crippen molar-refractivity contribution in [2.75, 3.05) is 0 Å². The standard InChI is InChI=1S/C24H40O5/c1-2-3-4-5-6-7-8-9-10-11-21-16-20(26)18-24(28-21)15-14-23(29-24)13-12-19(25)17-22(23)27/h12-13,20-22,26-27H,2-11,14-18H2,1H3/t20-,21-,22-,23-,24-/m0/s1. The maximum atomic E-state index is 11.6. The maximum absolute atomic E-state index is 11.6. The van der Waals surface area contributed by atoms with Gasteiger partial charge in [-0.2, -0.15) is 0 Å². The maximum Gasteiger partial charge on any atom is 0.172 e. The number of hydrogen-bond acceptors (Lipinski definition) is 5. The third-order valence-electron chi connectivity index (χ3n) is 6.88. The van der Waals surface area contributed by atoms with Crippen LogP contribution in [-0.2, 0) is 14.3 Å². The summed E-state index contributed by atoms with van der Waals surface area (Å²) in [5.74, 6) is -0.895. The number of carbonyl (C=O) groups is 1. The van der Waals surface area contributed by atoms with Crippen LogP contribution < -0.4 is 0 Å². The number of unbranched alkanes of at least 4 members (excludes halogenated alkanes) is 8. The third-order valence-corrected chi connectivity index (χ3v) is 6.88. The van der Waals surface area contributed by atoms with Crippen LogP contribution in [0.5, 0.6) is 0 Å².